The van der Waals surface area contributed by atoms with Gasteiger partial charge in [0.05, 0.1) is 18.4 Å². The molecule has 0 fully saturated rings. The summed E-state index contributed by atoms with van der Waals surface area (Å²) in [4.78, 5) is 24.6. The quantitative estimate of drug-likeness (QED) is 0.215. The van der Waals surface area contributed by atoms with Gasteiger partial charge in [0.1, 0.15) is 5.75 Å². The smallest absolute Gasteiger partial charge is 0.343 e. The fourth-order valence-corrected chi connectivity index (χ4v) is 3.18. The lowest BCUT2D eigenvalue weighted by Gasteiger charge is -2.12. The van der Waals surface area contributed by atoms with E-state index in [-0.39, 0.29) is 12.5 Å². The van der Waals surface area contributed by atoms with Gasteiger partial charge in [-0.1, -0.05) is 35.9 Å². The van der Waals surface area contributed by atoms with Crippen LogP contribution < -0.4 is 19.6 Å². The Kier molecular flexibility index (Phi) is 8.40. The molecule has 0 saturated carbocycles. The third kappa shape index (κ3) is 6.68. The van der Waals surface area contributed by atoms with E-state index in [9.17, 15) is 9.59 Å². The van der Waals surface area contributed by atoms with Gasteiger partial charge < -0.3 is 14.2 Å². The van der Waals surface area contributed by atoms with Crippen molar-refractivity contribution >= 4 is 18.1 Å². The number of ether oxygens (including phenoxy) is 3. The lowest BCUT2D eigenvalue weighted by atomic mass is 10.1. The van der Waals surface area contributed by atoms with Crippen molar-refractivity contribution in [1.29, 1.82) is 0 Å². The molecule has 0 atom stereocenters. The summed E-state index contributed by atoms with van der Waals surface area (Å²) < 4.78 is 16.8. The molecule has 0 radical (unpaired) electrons. The lowest BCUT2D eigenvalue weighted by Crippen LogP contribution is -2.25. The summed E-state index contributed by atoms with van der Waals surface area (Å²) in [5.74, 6) is 0.539. The molecule has 3 aromatic rings. The molecule has 3 rings (SSSR count). The summed E-state index contributed by atoms with van der Waals surface area (Å²) in [6.45, 7) is 7.88. The van der Waals surface area contributed by atoms with Gasteiger partial charge in [-0.15, -0.1) is 0 Å². The number of hydrogen-bond donors (Lipinski definition) is 1. The van der Waals surface area contributed by atoms with E-state index in [1.165, 1.54) is 6.21 Å². The predicted octanol–water partition coefficient (Wildman–Crippen LogP) is 4.76. The van der Waals surface area contributed by atoms with E-state index in [1.807, 2.05) is 58.0 Å². The average Bonchev–Trinajstić information content (AvgIpc) is 2.81. The second kappa shape index (κ2) is 11.7. The molecule has 0 aromatic heterocycles. The topological polar surface area (TPSA) is 86.2 Å². The summed E-state index contributed by atoms with van der Waals surface area (Å²) in [6, 6.07) is 17.9. The predicted molar refractivity (Wildman–Crippen MR) is 131 cm³/mol. The Hall–Kier alpha value is -4.13. The number of benzene rings is 3. The third-order valence-corrected chi connectivity index (χ3v) is 4.92. The largest absolute Gasteiger partial charge is 0.490 e. The molecule has 176 valence electrons. The van der Waals surface area contributed by atoms with Gasteiger partial charge in [0.2, 0.25) is 0 Å². The summed E-state index contributed by atoms with van der Waals surface area (Å²) in [5.41, 5.74) is 6.53. The number of carbonyl (C=O) groups is 2. The van der Waals surface area contributed by atoms with Gasteiger partial charge in [-0.05, 0) is 74.7 Å². The highest BCUT2D eigenvalue weighted by Crippen LogP contribution is 2.29. The molecule has 7 heteroatoms. The highest BCUT2D eigenvalue weighted by Gasteiger charge is 2.13. The molecule has 0 heterocycles. The number of esters is 1. The molecule has 0 aliphatic heterocycles. The van der Waals surface area contributed by atoms with Crippen molar-refractivity contribution in [2.45, 2.75) is 27.7 Å². The Morgan fingerprint density at radius 3 is 2.29 bits per heavy atom. The maximum absolute atomic E-state index is 12.5. The highest BCUT2D eigenvalue weighted by atomic mass is 16.6. The molecule has 0 saturated heterocycles. The molecule has 1 N–H and O–H groups in total. The Morgan fingerprint density at radius 2 is 1.62 bits per heavy atom. The van der Waals surface area contributed by atoms with Crippen LogP contribution in [0.1, 0.15) is 39.5 Å². The number of hydrogen-bond acceptors (Lipinski definition) is 6. The second-order valence-electron chi connectivity index (χ2n) is 7.70. The van der Waals surface area contributed by atoms with E-state index in [0.717, 1.165) is 16.7 Å². The fraction of sp³-hybridized carbons (Fsp3) is 0.222. The normalized spacial score (nSPS) is 10.7. The molecule has 34 heavy (non-hydrogen) atoms. The molecule has 3 aromatic carbocycles. The van der Waals surface area contributed by atoms with Gasteiger partial charge in [0.25, 0.3) is 5.91 Å². The number of nitrogens with zero attached hydrogens (tertiary/aromatic N) is 1. The third-order valence-electron chi connectivity index (χ3n) is 4.92. The Balaban J connectivity index is 1.61. The van der Waals surface area contributed by atoms with Gasteiger partial charge in [-0.3, -0.25) is 4.79 Å². The number of carbonyl (C=O) groups excluding carboxylic acids is 2. The highest BCUT2D eigenvalue weighted by molar-refractivity contribution is 5.91. The van der Waals surface area contributed by atoms with Crippen molar-refractivity contribution in [2.75, 3.05) is 13.2 Å². The van der Waals surface area contributed by atoms with Crippen LogP contribution in [0.15, 0.2) is 65.8 Å². The number of nitrogens with one attached hydrogen (secondary N) is 1. The lowest BCUT2D eigenvalue weighted by molar-refractivity contribution is -0.123. The summed E-state index contributed by atoms with van der Waals surface area (Å²) in [5, 5.41) is 3.98. The minimum atomic E-state index is -0.474. The zero-order chi connectivity index (χ0) is 24.5. The first-order valence-corrected chi connectivity index (χ1v) is 10.9. The van der Waals surface area contributed by atoms with E-state index in [2.05, 4.69) is 10.5 Å². The maximum atomic E-state index is 12.5. The minimum Gasteiger partial charge on any atom is -0.490 e. The van der Waals surface area contributed by atoms with Crippen LogP contribution in [0.3, 0.4) is 0 Å². The van der Waals surface area contributed by atoms with E-state index in [1.54, 1.807) is 30.3 Å². The van der Waals surface area contributed by atoms with Crippen molar-refractivity contribution in [3.05, 3.63) is 88.5 Å². The second-order valence-corrected chi connectivity index (χ2v) is 7.70. The van der Waals surface area contributed by atoms with Crippen LogP contribution in [0.2, 0.25) is 0 Å². The van der Waals surface area contributed by atoms with Crippen molar-refractivity contribution in [3.8, 4) is 17.2 Å². The van der Waals surface area contributed by atoms with Crippen molar-refractivity contribution in [3.63, 3.8) is 0 Å². The minimum absolute atomic E-state index is 0.152. The number of rotatable bonds is 9. The number of para-hydroxylation sites is 1. The van der Waals surface area contributed by atoms with Crippen LogP contribution in [-0.4, -0.2) is 31.3 Å². The van der Waals surface area contributed by atoms with Gasteiger partial charge in [-0.2, -0.15) is 5.10 Å². The van der Waals surface area contributed by atoms with Crippen LogP contribution >= 0.6 is 0 Å². The van der Waals surface area contributed by atoms with Gasteiger partial charge in [-0.25, -0.2) is 10.2 Å². The van der Waals surface area contributed by atoms with E-state index >= 15 is 0 Å². The molecule has 0 aliphatic rings. The zero-order valence-electron chi connectivity index (χ0n) is 19.8. The van der Waals surface area contributed by atoms with E-state index < -0.39 is 5.97 Å². The van der Waals surface area contributed by atoms with Gasteiger partial charge in [0, 0.05) is 0 Å². The van der Waals surface area contributed by atoms with Crippen LogP contribution in [0, 0.1) is 20.8 Å². The van der Waals surface area contributed by atoms with Crippen LogP contribution in [0.4, 0.5) is 0 Å². The van der Waals surface area contributed by atoms with E-state index in [0.29, 0.717) is 35.0 Å². The molecule has 0 aliphatic carbocycles. The summed E-state index contributed by atoms with van der Waals surface area (Å²) in [7, 11) is 0. The molecular weight excluding hydrogens is 432 g/mol. The molecule has 0 bridgehead atoms. The maximum Gasteiger partial charge on any atom is 0.343 e. The first-order chi connectivity index (χ1) is 16.4. The monoisotopic (exact) mass is 460 g/mol. The van der Waals surface area contributed by atoms with E-state index in [4.69, 9.17) is 14.2 Å². The number of aryl methyl sites for hydroxylation is 3. The Labute approximate surface area is 199 Å². The van der Waals surface area contributed by atoms with Crippen LogP contribution in [0.25, 0.3) is 0 Å². The molecule has 1 amide bonds. The molecular formula is C27H28N2O5. The van der Waals surface area contributed by atoms with Crippen molar-refractivity contribution in [2.24, 2.45) is 5.10 Å². The molecule has 0 unspecified atom stereocenters. The van der Waals surface area contributed by atoms with Gasteiger partial charge in [0.15, 0.2) is 18.1 Å². The number of hydrazone groups is 1. The first-order valence-electron chi connectivity index (χ1n) is 10.9. The standard InChI is InChI=1S/C27H28N2O5/c1-5-32-24-15-21(11-14-23(24)34-27(31)22-12-9-18(2)10-13-22)16-28-29-25(30)17-33-26-19(3)7-6-8-20(26)4/h6-16H,5,17H2,1-4H3,(H,29,30)/b28-16+. The fourth-order valence-electron chi connectivity index (χ4n) is 3.18. The summed E-state index contributed by atoms with van der Waals surface area (Å²) >= 11 is 0. The SMILES string of the molecule is CCOc1cc(/C=N/NC(=O)COc2c(C)cccc2C)ccc1OC(=O)c1ccc(C)cc1. The van der Waals surface area contributed by atoms with Crippen molar-refractivity contribution in [1.82, 2.24) is 5.43 Å². The molecule has 7 nitrogen and oxygen atoms in total. The number of amides is 1. The van der Waals surface area contributed by atoms with Crippen molar-refractivity contribution < 1.29 is 23.8 Å². The van der Waals surface area contributed by atoms with Gasteiger partial charge >= 0.3 is 5.97 Å². The Morgan fingerprint density at radius 1 is 0.912 bits per heavy atom. The first kappa shape index (κ1) is 24.5. The van der Waals surface area contributed by atoms with Crippen LogP contribution in [0.5, 0.6) is 17.2 Å². The molecule has 0 spiro atoms. The Bertz CT molecular complexity index is 1170. The average molecular weight is 461 g/mol. The summed E-state index contributed by atoms with van der Waals surface area (Å²) in [6.07, 6.45) is 1.48. The zero-order valence-corrected chi connectivity index (χ0v) is 19.8. The van der Waals surface area contributed by atoms with Crippen LogP contribution in [-0.2, 0) is 4.79 Å².